The Hall–Kier alpha value is -3.18. The van der Waals surface area contributed by atoms with Gasteiger partial charge in [-0.15, -0.1) is 0 Å². The van der Waals surface area contributed by atoms with Crippen LogP contribution in [0.1, 0.15) is 22.4 Å². The molecule has 0 fully saturated rings. The Morgan fingerprint density at radius 2 is 2.04 bits per heavy atom. The summed E-state index contributed by atoms with van der Waals surface area (Å²) < 4.78 is 0.942. The van der Waals surface area contributed by atoms with Gasteiger partial charge in [0.1, 0.15) is 11.6 Å². The summed E-state index contributed by atoms with van der Waals surface area (Å²) in [7, 11) is 0. The molecule has 0 unspecified atom stereocenters. The smallest absolute Gasteiger partial charge is 0.289 e. The number of nitro benzene ring substituents is 1. The SMILES string of the molecule is Cc1cc(C)n(/N=C\c2cc(Cl)cc([N+](=O)[O-])c2[O-])c(=O)c1C#N. The van der Waals surface area contributed by atoms with E-state index in [1.165, 1.54) is 6.07 Å². The zero-order valence-corrected chi connectivity index (χ0v) is 13.4. The van der Waals surface area contributed by atoms with Crippen molar-refractivity contribution in [2.75, 3.05) is 0 Å². The lowest BCUT2D eigenvalue weighted by Gasteiger charge is -2.11. The summed E-state index contributed by atoms with van der Waals surface area (Å²) in [5.74, 6) is -0.869. The average molecular weight is 346 g/mol. The van der Waals surface area contributed by atoms with E-state index in [2.05, 4.69) is 5.10 Å². The fraction of sp³-hybridized carbons (Fsp3) is 0.133. The topological polar surface area (TPSA) is 124 Å². The number of hydrogen-bond acceptors (Lipinski definition) is 6. The first kappa shape index (κ1) is 17.2. The average Bonchev–Trinajstić information content (AvgIpc) is 2.49. The number of hydrogen-bond donors (Lipinski definition) is 0. The quantitative estimate of drug-likeness (QED) is 0.477. The first-order chi connectivity index (χ1) is 11.3. The fourth-order valence-electron chi connectivity index (χ4n) is 2.11. The van der Waals surface area contributed by atoms with Crippen molar-refractivity contribution in [1.82, 2.24) is 4.68 Å². The molecule has 8 nitrogen and oxygen atoms in total. The second-order valence-electron chi connectivity index (χ2n) is 4.92. The number of nitrogens with zero attached hydrogens (tertiary/aromatic N) is 4. The van der Waals surface area contributed by atoms with Gasteiger partial charge in [-0.3, -0.25) is 14.9 Å². The van der Waals surface area contributed by atoms with Crippen LogP contribution in [0.3, 0.4) is 0 Å². The molecule has 1 aromatic carbocycles. The molecule has 9 heteroatoms. The second kappa shape index (κ2) is 6.52. The molecular weight excluding hydrogens is 336 g/mol. The van der Waals surface area contributed by atoms with Gasteiger partial charge < -0.3 is 5.11 Å². The monoisotopic (exact) mass is 345 g/mol. The Balaban J connectivity index is 2.60. The van der Waals surface area contributed by atoms with Crippen LogP contribution in [-0.2, 0) is 0 Å². The van der Waals surface area contributed by atoms with Gasteiger partial charge in [0.2, 0.25) is 0 Å². The molecule has 0 aliphatic rings. The lowest BCUT2D eigenvalue weighted by molar-refractivity contribution is -0.398. The van der Waals surface area contributed by atoms with E-state index in [9.17, 15) is 20.0 Å². The van der Waals surface area contributed by atoms with Crippen molar-refractivity contribution in [3.05, 3.63) is 66.1 Å². The summed E-state index contributed by atoms with van der Waals surface area (Å²) >= 11 is 5.76. The number of aromatic nitrogens is 1. The molecule has 0 spiro atoms. The summed E-state index contributed by atoms with van der Waals surface area (Å²) in [5, 5.41) is 35.7. The normalized spacial score (nSPS) is 10.8. The largest absolute Gasteiger partial charge is 0.867 e. The molecule has 0 radical (unpaired) electrons. The van der Waals surface area contributed by atoms with Crippen LogP contribution in [-0.4, -0.2) is 15.8 Å². The molecule has 2 rings (SSSR count). The number of nitriles is 1. The standard InChI is InChI=1S/C15H11ClN4O4/c1-8-3-9(2)19(15(22)12(8)6-17)18-7-10-4-11(16)5-13(14(10)21)20(23)24/h3-5,7,21H,1-2H3/p-1/b18-7-. The molecule has 0 aliphatic heterocycles. The van der Waals surface area contributed by atoms with Crippen molar-refractivity contribution in [2.45, 2.75) is 13.8 Å². The molecule has 0 N–H and O–H groups in total. The van der Waals surface area contributed by atoms with Crippen molar-refractivity contribution in [2.24, 2.45) is 5.10 Å². The molecule has 122 valence electrons. The van der Waals surface area contributed by atoms with E-state index in [1.807, 2.05) is 0 Å². The Bertz CT molecular complexity index is 973. The summed E-state index contributed by atoms with van der Waals surface area (Å²) in [5.41, 5.74) is -0.590. The number of halogens is 1. The van der Waals surface area contributed by atoms with Gasteiger partial charge in [-0.2, -0.15) is 10.4 Å². The minimum atomic E-state index is -0.869. The highest BCUT2D eigenvalue weighted by molar-refractivity contribution is 6.31. The first-order valence-corrected chi connectivity index (χ1v) is 6.96. The van der Waals surface area contributed by atoms with Crippen molar-refractivity contribution in [1.29, 1.82) is 5.26 Å². The van der Waals surface area contributed by atoms with Gasteiger partial charge in [0.25, 0.3) is 11.2 Å². The van der Waals surface area contributed by atoms with E-state index < -0.39 is 21.9 Å². The van der Waals surface area contributed by atoms with Gasteiger partial charge in [0.05, 0.1) is 11.1 Å². The first-order valence-electron chi connectivity index (χ1n) is 6.59. The van der Waals surface area contributed by atoms with E-state index in [1.54, 1.807) is 26.0 Å². The fourth-order valence-corrected chi connectivity index (χ4v) is 2.33. The van der Waals surface area contributed by atoms with Gasteiger partial charge in [0, 0.05) is 16.8 Å². The number of pyridine rings is 1. The lowest BCUT2D eigenvalue weighted by Crippen LogP contribution is -2.22. The number of nitro groups is 1. The Labute approximate surface area is 141 Å². The van der Waals surface area contributed by atoms with Crippen LogP contribution >= 0.6 is 11.6 Å². The van der Waals surface area contributed by atoms with E-state index in [0.29, 0.717) is 11.3 Å². The maximum absolute atomic E-state index is 12.2. The third-order valence-electron chi connectivity index (χ3n) is 3.24. The zero-order valence-electron chi connectivity index (χ0n) is 12.6. The summed E-state index contributed by atoms with van der Waals surface area (Å²) in [6.45, 7) is 3.22. The number of benzene rings is 1. The lowest BCUT2D eigenvalue weighted by atomic mass is 10.1. The summed E-state index contributed by atoms with van der Waals surface area (Å²) in [6, 6.07) is 5.54. The van der Waals surface area contributed by atoms with Crippen molar-refractivity contribution < 1.29 is 10.0 Å². The zero-order chi connectivity index (χ0) is 18.0. The summed E-state index contributed by atoms with van der Waals surface area (Å²) in [4.78, 5) is 22.2. The molecule has 1 heterocycles. The highest BCUT2D eigenvalue weighted by atomic mass is 35.5. The number of aryl methyl sites for hydroxylation is 2. The Morgan fingerprint density at radius 1 is 1.38 bits per heavy atom. The second-order valence-corrected chi connectivity index (χ2v) is 5.35. The highest BCUT2D eigenvalue weighted by Gasteiger charge is 2.12. The Kier molecular flexibility index (Phi) is 4.66. The van der Waals surface area contributed by atoms with Crippen LogP contribution in [0.2, 0.25) is 5.02 Å². The van der Waals surface area contributed by atoms with Crippen molar-refractivity contribution in [3.8, 4) is 11.8 Å². The van der Waals surface area contributed by atoms with Crippen LogP contribution in [0.4, 0.5) is 5.69 Å². The van der Waals surface area contributed by atoms with E-state index in [0.717, 1.165) is 17.0 Å². The molecule has 0 bridgehead atoms. The van der Waals surface area contributed by atoms with Crippen LogP contribution in [0.5, 0.6) is 5.75 Å². The predicted molar refractivity (Wildman–Crippen MR) is 85.4 cm³/mol. The molecule has 0 aliphatic carbocycles. The predicted octanol–water partition coefficient (Wildman–Crippen LogP) is 1.85. The number of rotatable bonds is 3. The van der Waals surface area contributed by atoms with E-state index in [4.69, 9.17) is 16.9 Å². The van der Waals surface area contributed by atoms with Crippen molar-refractivity contribution >= 4 is 23.5 Å². The highest BCUT2D eigenvalue weighted by Crippen LogP contribution is 2.30. The molecule has 1 aromatic heterocycles. The van der Waals surface area contributed by atoms with Crippen LogP contribution in [0.25, 0.3) is 0 Å². The maximum atomic E-state index is 12.2. The molecule has 0 amide bonds. The molecule has 2 aromatic rings. The minimum absolute atomic E-state index is 0.00608. The molecule has 24 heavy (non-hydrogen) atoms. The van der Waals surface area contributed by atoms with E-state index >= 15 is 0 Å². The van der Waals surface area contributed by atoms with Gasteiger partial charge in [0.15, 0.2) is 0 Å². The minimum Gasteiger partial charge on any atom is -0.867 e. The van der Waals surface area contributed by atoms with Gasteiger partial charge >= 0.3 is 0 Å². The maximum Gasteiger partial charge on any atom is 0.289 e. The Morgan fingerprint density at radius 3 is 2.62 bits per heavy atom. The molecule has 0 saturated heterocycles. The van der Waals surface area contributed by atoms with Crippen LogP contribution in [0.15, 0.2) is 28.1 Å². The third kappa shape index (κ3) is 3.11. The van der Waals surface area contributed by atoms with Gasteiger partial charge in [-0.05, 0) is 42.9 Å². The van der Waals surface area contributed by atoms with Crippen molar-refractivity contribution in [3.63, 3.8) is 0 Å². The van der Waals surface area contributed by atoms with Gasteiger partial charge in [-0.25, -0.2) is 4.68 Å². The third-order valence-corrected chi connectivity index (χ3v) is 3.46. The molecule has 0 saturated carbocycles. The summed E-state index contributed by atoms with van der Waals surface area (Å²) in [6.07, 6.45) is 1.01. The molecular formula is C15H10ClN4O4-. The van der Waals surface area contributed by atoms with Crippen LogP contribution < -0.4 is 10.7 Å². The van der Waals surface area contributed by atoms with E-state index in [-0.39, 0.29) is 16.1 Å². The van der Waals surface area contributed by atoms with Gasteiger partial charge in [-0.1, -0.05) is 11.6 Å². The molecule has 0 atom stereocenters. The van der Waals surface area contributed by atoms with Crippen LogP contribution in [0, 0.1) is 35.3 Å².